The fourth-order valence-electron chi connectivity index (χ4n) is 2.52. The Morgan fingerprint density at radius 3 is 2.25 bits per heavy atom. The smallest absolute Gasteiger partial charge is 0.410 e. The molecule has 1 saturated heterocycles. The Morgan fingerprint density at radius 2 is 1.75 bits per heavy atom. The fraction of sp³-hybridized carbons (Fsp3) is 0.529. The Balaban J connectivity index is 1.98. The predicted molar refractivity (Wildman–Crippen MR) is 92.2 cm³/mol. The molecule has 1 aliphatic rings. The lowest BCUT2D eigenvalue weighted by Gasteiger charge is -2.36. The second-order valence-electron chi connectivity index (χ2n) is 6.72. The Labute approximate surface area is 142 Å². The van der Waals surface area contributed by atoms with Gasteiger partial charge in [0.15, 0.2) is 0 Å². The van der Waals surface area contributed by atoms with Crippen molar-refractivity contribution in [1.82, 2.24) is 4.90 Å². The van der Waals surface area contributed by atoms with Crippen molar-refractivity contribution in [3.8, 4) is 0 Å². The zero-order chi connectivity index (χ0) is 17.9. The van der Waals surface area contributed by atoms with Gasteiger partial charge in [-0.15, -0.1) is 0 Å². The number of anilines is 2. The number of amides is 1. The van der Waals surface area contributed by atoms with Gasteiger partial charge in [-0.05, 0) is 39.0 Å². The second kappa shape index (κ2) is 6.98. The number of hydrogen-bond acceptors (Lipinski definition) is 6. The van der Waals surface area contributed by atoms with Gasteiger partial charge in [0.2, 0.25) is 0 Å². The van der Waals surface area contributed by atoms with E-state index in [1.165, 1.54) is 7.11 Å². The van der Waals surface area contributed by atoms with Gasteiger partial charge < -0.3 is 25.0 Å². The van der Waals surface area contributed by atoms with Crippen molar-refractivity contribution in [1.29, 1.82) is 0 Å². The SMILES string of the molecule is COC(=O)c1ccc(N2CCN(C(=O)OC(C)(C)C)CC2)cc1N. The number of ether oxygens (including phenoxy) is 2. The first-order valence-electron chi connectivity index (χ1n) is 7.92. The molecule has 1 aliphatic heterocycles. The van der Waals surface area contributed by atoms with Gasteiger partial charge >= 0.3 is 12.1 Å². The normalized spacial score (nSPS) is 15.2. The predicted octanol–water partition coefficient (Wildman–Crippen LogP) is 2.11. The number of nitrogens with two attached hydrogens (primary N) is 1. The van der Waals surface area contributed by atoms with Crippen LogP contribution in [0.1, 0.15) is 31.1 Å². The van der Waals surface area contributed by atoms with Crippen molar-refractivity contribution >= 4 is 23.4 Å². The molecule has 0 saturated carbocycles. The number of rotatable bonds is 2. The molecule has 2 N–H and O–H groups in total. The van der Waals surface area contributed by atoms with Crippen LogP contribution in [0.4, 0.5) is 16.2 Å². The lowest BCUT2D eigenvalue weighted by atomic mass is 10.1. The lowest BCUT2D eigenvalue weighted by molar-refractivity contribution is 0.0240. The van der Waals surface area contributed by atoms with Crippen molar-refractivity contribution in [3.63, 3.8) is 0 Å². The minimum absolute atomic E-state index is 0.289. The average Bonchev–Trinajstić information content (AvgIpc) is 2.52. The van der Waals surface area contributed by atoms with Crippen LogP contribution >= 0.6 is 0 Å². The van der Waals surface area contributed by atoms with Crippen molar-refractivity contribution in [3.05, 3.63) is 23.8 Å². The number of esters is 1. The first-order valence-corrected chi connectivity index (χ1v) is 7.92. The zero-order valence-corrected chi connectivity index (χ0v) is 14.7. The molecule has 1 aromatic rings. The summed E-state index contributed by atoms with van der Waals surface area (Å²) in [4.78, 5) is 27.5. The number of piperazine rings is 1. The summed E-state index contributed by atoms with van der Waals surface area (Å²) < 4.78 is 10.1. The van der Waals surface area contributed by atoms with E-state index in [0.29, 0.717) is 37.4 Å². The third-order valence-electron chi connectivity index (χ3n) is 3.74. The highest BCUT2D eigenvalue weighted by Gasteiger charge is 2.26. The Hall–Kier alpha value is -2.44. The van der Waals surface area contributed by atoms with E-state index >= 15 is 0 Å². The van der Waals surface area contributed by atoms with E-state index in [2.05, 4.69) is 4.90 Å². The molecule has 1 aromatic carbocycles. The number of methoxy groups -OCH3 is 1. The number of carbonyl (C=O) groups is 2. The average molecular weight is 335 g/mol. The van der Waals surface area contributed by atoms with Crippen LogP contribution in [0.2, 0.25) is 0 Å². The summed E-state index contributed by atoms with van der Waals surface area (Å²) >= 11 is 0. The van der Waals surface area contributed by atoms with Crippen molar-refractivity contribution in [2.75, 3.05) is 43.9 Å². The largest absolute Gasteiger partial charge is 0.465 e. The second-order valence-corrected chi connectivity index (χ2v) is 6.72. The third kappa shape index (κ3) is 4.31. The summed E-state index contributed by atoms with van der Waals surface area (Å²) in [7, 11) is 1.32. The van der Waals surface area contributed by atoms with E-state index in [1.54, 1.807) is 17.0 Å². The molecule has 1 fully saturated rings. The standard InChI is InChI=1S/C17H25N3O4/c1-17(2,3)24-16(22)20-9-7-19(8-10-20)12-5-6-13(14(18)11-12)15(21)23-4/h5-6,11H,7-10,18H2,1-4H3. The highest BCUT2D eigenvalue weighted by atomic mass is 16.6. The van der Waals surface area contributed by atoms with Crippen LogP contribution < -0.4 is 10.6 Å². The summed E-state index contributed by atoms with van der Waals surface area (Å²) in [5, 5.41) is 0. The molecule has 0 bridgehead atoms. The number of nitrogens with zero attached hydrogens (tertiary/aromatic N) is 2. The van der Waals surface area contributed by atoms with E-state index in [4.69, 9.17) is 15.2 Å². The maximum absolute atomic E-state index is 12.1. The molecule has 1 amide bonds. The van der Waals surface area contributed by atoms with Crippen LogP contribution in [0.5, 0.6) is 0 Å². The van der Waals surface area contributed by atoms with Crippen LogP contribution in [0.15, 0.2) is 18.2 Å². The van der Waals surface area contributed by atoms with Gasteiger partial charge in [-0.1, -0.05) is 0 Å². The summed E-state index contributed by atoms with van der Waals surface area (Å²) in [5.41, 5.74) is 7.10. The zero-order valence-electron chi connectivity index (χ0n) is 14.7. The van der Waals surface area contributed by atoms with Crippen molar-refractivity contribution in [2.24, 2.45) is 0 Å². The van der Waals surface area contributed by atoms with Crippen LogP contribution in [0.25, 0.3) is 0 Å². The van der Waals surface area contributed by atoms with Gasteiger partial charge in [0, 0.05) is 37.6 Å². The van der Waals surface area contributed by atoms with E-state index in [9.17, 15) is 9.59 Å². The monoisotopic (exact) mass is 335 g/mol. The highest BCUT2D eigenvalue weighted by molar-refractivity contribution is 5.95. The van der Waals surface area contributed by atoms with Crippen molar-refractivity contribution < 1.29 is 19.1 Å². The minimum Gasteiger partial charge on any atom is -0.465 e. The van der Waals surface area contributed by atoms with Gasteiger partial charge in [0.25, 0.3) is 0 Å². The van der Waals surface area contributed by atoms with Gasteiger partial charge in [0.1, 0.15) is 5.60 Å². The first kappa shape index (κ1) is 17.9. The molecule has 0 spiro atoms. The van der Waals surface area contributed by atoms with Gasteiger partial charge in [-0.25, -0.2) is 9.59 Å². The summed E-state index contributed by atoms with van der Waals surface area (Å²) in [6.45, 7) is 8.07. The molecule has 0 aliphatic carbocycles. The summed E-state index contributed by atoms with van der Waals surface area (Å²) in [6, 6.07) is 5.26. The van der Waals surface area contributed by atoms with Gasteiger partial charge in [-0.2, -0.15) is 0 Å². The fourth-order valence-corrected chi connectivity index (χ4v) is 2.52. The molecule has 0 radical (unpaired) electrons. The topological polar surface area (TPSA) is 85.1 Å². The molecule has 132 valence electrons. The molecule has 0 aromatic heterocycles. The molecule has 24 heavy (non-hydrogen) atoms. The minimum atomic E-state index is -0.494. The van der Waals surface area contributed by atoms with E-state index < -0.39 is 11.6 Å². The van der Waals surface area contributed by atoms with E-state index in [-0.39, 0.29) is 6.09 Å². The number of carbonyl (C=O) groups excluding carboxylic acids is 2. The molecule has 7 nitrogen and oxygen atoms in total. The van der Waals surface area contributed by atoms with Crippen LogP contribution in [0.3, 0.4) is 0 Å². The van der Waals surface area contributed by atoms with E-state index in [1.807, 2.05) is 26.8 Å². The molecule has 0 atom stereocenters. The maximum Gasteiger partial charge on any atom is 0.410 e. The highest BCUT2D eigenvalue weighted by Crippen LogP contribution is 2.23. The number of benzene rings is 1. The Morgan fingerprint density at radius 1 is 1.12 bits per heavy atom. The molecule has 7 heteroatoms. The lowest BCUT2D eigenvalue weighted by Crippen LogP contribution is -2.50. The van der Waals surface area contributed by atoms with Gasteiger partial charge in [-0.3, -0.25) is 0 Å². The van der Waals surface area contributed by atoms with Crippen LogP contribution in [-0.2, 0) is 9.47 Å². The number of nitrogen functional groups attached to an aromatic ring is 1. The van der Waals surface area contributed by atoms with Crippen LogP contribution in [0, 0.1) is 0 Å². The maximum atomic E-state index is 12.1. The molecular weight excluding hydrogens is 310 g/mol. The molecule has 0 unspecified atom stereocenters. The quantitative estimate of drug-likeness (QED) is 0.658. The molecule has 2 rings (SSSR count). The van der Waals surface area contributed by atoms with Crippen molar-refractivity contribution in [2.45, 2.75) is 26.4 Å². The summed E-state index contributed by atoms with van der Waals surface area (Å²) in [5.74, 6) is -0.450. The molecular formula is C17H25N3O4. The first-order chi connectivity index (χ1) is 11.2. The Kier molecular flexibility index (Phi) is 5.21. The Bertz CT molecular complexity index is 617. The number of hydrogen-bond donors (Lipinski definition) is 1. The third-order valence-corrected chi connectivity index (χ3v) is 3.74. The van der Waals surface area contributed by atoms with Gasteiger partial charge in [0.05, 0.1) is 12.7 Å². The van der Waals surface area contributed by atoms with E-state index in [0.717, 1.165) is 5.69 Å². The van der Waals surface area contributed by atoms with Crippen LogP contribution in [-0.4, -0.2) is 55.9 Å². The summed E-state index contributed by atoms with van der Waals surface area (Å²) in [6.07, 6.45) is -0.289. The molecule has 1 heterocycles.